The van der Waals surface area contributed by atoms with Crippen LogP contribution in [0, 0.1) is 0 Å². The van der Waals surface area contributed by atoms with Gasteiger partial charge in [-0.3, -0.25) is 9.69 Å². The maximum Gasteiger partial charge on any atom is 0.261 e. The van der Waals surface area contributed by atoms with Gasteiger partial charge < -0.3 is 15.2 Å². The van der Waals surface area contributed by atoms with Crippen LogP contribution in [0.4, 0.5) is 0 Å². The number of nitrogens with zero attached hydrogens (tertiary/aromatic N) is 2. The maximum absolute atomic E-state index is 13.4. The number of aliphatic imine (C=N–C) groups is 1. The molecule has 5 rings (SSSR count). The van der Waals surface area contributed by atoms with E-state index in [-0.39, 0.29) is 11.9 Å². The molecule has 150 valence electrons. The molecule has 0 unspecified atom stereocenters. The number of halogens is 1. The van der Waals surface area contributed by atoms with E-state index in [0.29, 0.717) is 30.4 Å². The molecule has 2 spiro atoms. The van der Waals surface area contributed by atoms with E-state index in [1.54, 1.807) is 7.05 Å². The number of nitrogens with two attached hydrogens (primary N) is 1. The van der Waals surface area contributed by atoms with Crippen molar-refractivity contribution in [2.24, 2.45) is 10.7 Å². The quantitative estimate of drug-likeness (QED) is 0.780. The summed E-state index contributed by atoms with van der Waals surface area (Å²) in [6, 6.07) is 13.5. The lowest BCUT2D eigenvalue weighted by Gasteiger charge is -2.46. The predicted molar refractivity (Wildman–Crippen MR) is 111 cm³/mol. The molecular weight excluding hydrogens is 390 g/mol. The topological polar surface area (TPSA) is 77.2 Å². The molecule has 2 aromatic rings. The summed E-state index contributed by atoms with van der Waals surface area (Å²) in [4.78, 5) is 19.5. The summed E-state index contributed by atoms with van der Waals surface area (Å²) in [6.45, 7) is 1.15. The van der Waals surface area contributed by atoms with Gasteiger partial charge in [0.1, 0.15) is 11.4 Å². The number of hydrogen-bond donors (Lipinski definition) is 1. The lowest BCUT2D eigenvalue weighted by Crippen LogP contribution is -2.55. The number of hydrogen-bond acceptors (Lipinski definition) is 5. The molecule has 1 fully saturated rings. The number of guanidine groups is 1. The fraction of sp³-hybridized carbons (Fsp3) is 0.364. The van der Waals surface area contributed by atoms with Crippen LogP contribution in [0.15, 0.2) is 47.5 Å². The monoisotopic (exact) mass is 411 g/mol. The molecule has 3 aliphatic heterocycles. The lowest BCUT2D eigenvalue weighted by molar-refractivity contribution is -0.139. The highest BCUT2D eigenvalue weighted by molar-refractivity contribution is 6.30. The summed E-state index contributed by atoms with van der Waals surface area (Å²) in [7, 11) is 1.66. The molecule has 2 aromatic carbocycles. The average Bonchev–Trinajstić information content (AvgIpc) is 2.92. The van der Waals surface area contributed by atoms with Crippen molar-refractivity contribution in [1.82, 2.24) is 4.90 Å². The standard InChI is InChI=1S/C22H22ClN3O3/c1-26-19(27)22(25-20(26)24)12-21(8-3-9-28-13-21)29-18-7-6-15(11-17(18)22)14-4-2-5-16(23)10-14/h2,4-7,10-11H,3,8-9,12-13H2,1H3,(H2,24,25)/t21-,22+/m1/s1. The molecule has 0 saturated carbocycles. The Kier molecular flexibility index (Phi) is 4.12. The first-order chi connectivity index (χ1) is 13.9. The lowest BCUT2D eigenvalue weighted by atomic mass is 9.74. The van der Waals surface area contributed by atoms with Gasteiger partial charge in [-0.1, -0.05) is 29.8 Å². The molecule has 6 nitrogen and oxygen atoms in total. The van der Waals surface area contributed by atoms with E-state index in [1.165, 1.54) is 4.90 Å². The molecule has 0 radical (unpaired) electrons. The fourth-order valence-electron chi connectivity index (χ4n) is 4.66. The van der Waals surface area contributed by atoms with Crippen molar-refractivity contribution in [3.8, 4) is 16.9 Å². The number of likely N-dealkylation sites (N-methyl/N-ethyl adjacent to an activating group) is 1. The minimum absolute atomic E-state index is 0.132. The van der Waals surface area contributed by atoms with Crippen LogP contribution in [-0.2, 0) is 15.1 Å². The molecule has 29 heavy (non-hydrogen) atoms. The number of fused-ring (bicyclic) bond motifs is 2. The van der Waals surface area contributed by atoms with Gasteiger partial charge in [0.2, 0.25) is 0 Å². The van der Waals surface area contributed by atoms with E-state index in [2.05, 4.69) is 0 Å². The van der Waals surface area contributed by atoms with Crippen LogP contribution in [0.3, 0.4) is 0 Å². The van der Waals surface area contributed by atoms with Crippen molar-refractivity contribution >= 4 is 23.5 Å². The van der Waals surface area contributed by atoms with Gasteiger partial charge in [0.25, 0.3) is 5.91 Å². The van der Waals surface area contributed by atoms with Gasteiger partial charge in [-0.05, 0) is 48.2 Å². The molecule has 0 aliphatic carbocycles. The van der Waals surface area contributed by atoms with Crippen molar-refractivity contribution in [1.29, 1.82) is 0 Å². The van der Waals surface area contributed by atoms with Gasteiger partial charge in [0.05, 0.1) is 6.61 Å². The second kappa shape index (κ2) is 6.47. The van der Waals surface area contributed by atoms with Gasteiger partial charge in [0.15, 0.2) is 11.5 Å². The summed E-state index contributed by atoms with van der Waals surface area (Å²) in [5.74, 6) is 0.753. The molecule has 7 heteroatoms. The summed E-state index contributed by atoms with van der Waals surface area (Å²) in [5, 5.41) is 0.656. The van der Waals surface area contributed by atoms with Gasteiger partial charge in [-0.25, -0.2) is 4.99 Å². The number of benzene rings is 2. The SMILES string of the molecule is CN1C(=O)[C@@]2(C[C@@]3(CCCOC3)Oc3ccc(-c4cccc(Cl)c4)cc32)N=C1N. The molecule has 3 aliphatic rings. The Hall–Kier alpha value is -2.57. The van der Waals surface area contributed by atoms with Crippen LogP contribution in [0.1, 0.15) is 24.8 Å². The third-order valence-electron chi connectivity index (χ3n) is 6.08. The summed E-state index contributed by atoms with van der Waals surface area (Å²) >= 11 is 6.18. The van der Waals surface area contributed by atoms with E-state index >= 15 is 0 Å². The first kappa shape index (κ1) is 18.5. The third kappa shape index (κ3) is 2.81. The van der Waals surface area contributed by atoms with Crippen molar-refractivity contribution in [3.05, 3.63) is 53.1 Å². The van der Waals surface area contributed by atoms with Crippen molar-refractivity contribution < 1.29 is 14.3 Å². The Bertz CT molecular complexity index is 1030. The highest BCUT2D eigenvalue weighted by Crippen LogP contribution is 2.51. The Balaban J connectivity index is 1.69. The van der Waals surface area contributed by atoms with Crippen molar-refractivity contribution in [2.45, 2.75) is 30.4 Å². The second-order valence-corrected chi connectivity index (χ2v) is 8.47. The van der Waals surface area contributed by atoms with Crippen LogP contribution in [-0.4, -0.2) is 42.6 Å². The average molecular weight is 412 g/mol. The third-order valence-corrected chi connectivity index (χ3v) is 6.32. The van der Waals surface area contributed by atoms with Gasteiger partial charge in [-0.15, -0.1) is 0 Å². The summed E-state index contributed by atoms with van der Waals surface area (Å²) in [6.07, 6.45) is 2.11. The molecule has 1 amide bonds. The van der Waals surface area contributed by atoms with Crippen LogP contribution in [0.5, 0.6) is 5.75 Å². The summed E-state index contributed by atoms with van der Waals surface area (Å²) in [5.41, 5.74) is 7.06. The van der Waals surface area contributed by atoms with Crippen LogP contribution in [0.25, 0.3) is 11.1 Å². The first-order valence-corrected chi connectivity index (χ1v) is 10.1. The molecule has 1 saturated heterocycles. The fourth-order valence-corrected chi connectivity index (χ4v) is 4.85. The normalized spacial score (nSPS) is 28.4. The predicted octanol–water partition coefficient (Wildman–Crippen LogP) is 3.32. The number of amides is 1. The molecule has 2 N–H and O–H groups in total. The molecule has 2 atom stereocenters. The zero-order valence-corrected chi connectivity index (χ0v) is 16.9. The zero-order chi connectivity index (χ0) is 20.2. The first-order valence-electron chi connectivity index (χ1n) is 9.73. The largest absolute Gasteiger partial charge is 0.484 e. The summed E-state index contributed by atoms with van der Waals surface area (Å²) < 4.78 is 12.2. The van der Waals surface area contributed by atoms with E-state index < -0.39 is 11.1 Å². The van der Waals surface area contributed by atoms with E-state index in [1.807, 2.05) is 42.5 Å². The molecular formula is C22H22ClN3O3. The van der Waals surface area contributed by atoms with Crippen molar-refractivity contribution in [3.63, 3.8) is 0 Å². The van der Waals surface area contributed by atoms with E-state index in [0.717, 1.165) is 29.5 Å². The number of rotatable bonds is 1. The zero-order valence-electron chi connectivity index (χ0n) is 16.2. The second-order valence-electron chi connectivity index (χ2n) is 8.03. The maximum atomic E-state index is 13.4. The van der Waals surface area contributed by atoms with E-state index in [4.69, 9.17) is 31.8 Å². The Morgan fingerprint density at radius 2 is 2.03 bits per heavy atom. The molecule has 3 heterocycles. The Labute approximate surface area is 174 Å². The minimum Gasteiger partial charge on any atom is -0.484 e. The number of ether oxygens (including phenoxy) is 2. The Morgan fingerprint density at radius 3 is 2.72 bits per heavy atom. The highest BCUT2D eigenvalue weighted by atomic mass is 35.5. The number of carbonyl (C=O) groups is 1. The van der Waals surface area contributed by atoms with Crippen LogP contribution >= 0.6 is 11.6 Å². The number of carbonyl (C=O) groups excluding carboxylic acids is 1. The highest BCUT2D eigenvalue weighted by Gasteiger charge is 2.58. The van der Waals surface area contributed by atoms with Gasteiger partial charge >= 0.3 is 0 Å². The van der Waals surface area contributed by atoms with E-state index in [9.17, 15) is 4.79 Å². The van der Waals surface area contributed by atoms with Gasteiger partial charge in [-0.2, -0.15) is 0 Å². The van der Waals surface area contributed by atoms with Crippen LogP contribution in [0.2, 0.25) is 5.02 Å². The smallest absolute Gasteiger partial charge is 0.261 e. The minimum atomic E-state index is -1.10. The molecule has 0 aromatic heterocycles. The van der Waals surface area contributed by atoms with Gasteiger partial charge in [0, 0.05) is 30.7 Å². The van der Waals surface area contributed by atoms with Crippen LogP contribution < -0.4 is 10.5 Å². The molecule has 0 bridgehead atoms. The Morgan fingerprint density at radius 1 is 1.21 bits per heavy atom. The van der Waals surface area contributed by atoms with Crippen molar-refractivity contribution in [2.75, 3.05) is 20.3 Å².